The van der Waals surface area contributed by atoms with Gasteiger partial charge < -0.3 is 10.6 Å². The molecular weight excluding hydrogens is 252 g/mol. The lowest BCUT2D eigenvalue weighted by atomic mass is 10.1. The molecule has 0 bridgehead atoms. The van der Waals surface area contributed by atoms with E-state index in [1.54, 1.807) is 6.07 Å². The summed E-state index contributed by atoms with van der Waals surface area (Å²) in [6, 6.07) is 3.67. The highest BCUT2D eigenvalue weighted by molar-refractivity contribution is 7.89. The van der Waals surface area contributed by atoms with Crippen LogP contribution in [0.3, 0.4) is 0 Å². The molecule has 0 unspecified atom stereocenters. The molecule has 6 nitrogen and oxygen atoms in total. The third kappa shape index (κ3) is 3.66. The van der Waals surface area contributed by atoms with Gasteiger partial charge in [-0.3, -0.25) is 0 Å². The fourth-order valence-corrected chi connectivity index (χ4v) is 2.49. The van der Waals surface area contributed by atoms with Gasteiger partial charge in [0.15, 0.2) is 0 Å². The van der Waals surface area contributed by atoms with Gasteiger partial charge in [0, 0.05) is 18.8 Å². The van der Waals surface area contributed by atoms with Gasteiger partial charge in [-0.05, 0) is 37.9 Å². The number of pyridine rings is 1. The first kappa shape index (κ1) is 13.3. The van der Waals surface area contributed by atoms with E-state index in [0.29, 0.717) is 11.9 Å². The second-order valence-electron chi connectivity index (χ2n) is 4.43. The van der Waals surface area contributed by atoms with Crippen molar-refractivity contribution in [1.29, 1.82) is 0 Å². The first-order valence-corrected chi connectivity index (χ1v) is 7.56. The number of nitrogens with zero attached hydrogens (tertiary/aromatic N) is 1. The molecule has 2 rings (SSSR count). The smallest absolute Gasteiger partial charge is 0.239 e. The predicted molar refractivity (Wildman–Crippen MR) is 69.7 cm³/mol. The fraction of sp³-hybridized carbons (Fsp3) is 0.545. The molecule has 0 spiro atoms. The Kier molecular flexibility index (Phi) is 4.15. The van der Waals surface area contributed by atoms with E-state index in [1.807, 2.05) is 0 Å². The van der Waals surface area contributed by atoms with Crippen LogP contribution in [0.4, 0.5) is 5.82 Å². The monoisotopic (exact) mass is 270 g/mol. The Labute approximate surface area is 107 Å². The third-order valence-corrected chi connectivity index (χ3v) is 3.92. The van der Waals surface area contributed by atoms with Gasteiger partial charge >= 0.3 is 0 Å². The molecule has 18 heavy (non-hydrogen) atoms. The number of rotatable bonds is 5. The summed E-state index contributed by atoms with van der Waals surface area (Å²) in [5.41, 5.74) is 0. The molecule has 1 aliphatic rings. The maximum atomic E-state index is 11.0. The zero-order valence-corrected chi connectivity index (χ0v) is 10.9. The number of anilines is 1. The molecule has 0 aliphatic carbocycles. The minimum Gasteiger partial charge on any atom is -0.370 e. The topological polar surface area (TPSA) is 97.1 Å². The molecular formula is C11H18N4O2S. The Balaban J connectivity index is 1.83. The van der Waals surface area contributed by atoms with Crippen molar-refractivity contribution in [3.63, 3.8) is 0 Å². The van der Waals surface area contributed by atoms with E-state index in [0.717, 1.165) is 19.5 Å². The number of hydrogen-bond acceptors (Lipinski definition) is 5. The molecule has 0 radical (unpaired) electrons. The SMILES string of the molecule is NS(=O)(=O)c1ccc(NCC[C@H]2CCCN2)nc1. The van der Waals surface area contributed by atoms with Crippen molar-refractivity contribution in [2.24, 2.45) is 5.14 Å². The van der Waals surface area contributed by atoms with Crippen molar-refractivity contribution < 1.29 is 8.42 Å². The summed E-state index contributed by atoms with van der Waals surface area (Å²) in [7, 11) is -3.65. The van der Waals surface area contributed by atoms with Gasteiger partial charge in [0.25, 0.3) is 0 Å². The van der Waals surface area contributed by atoms with Gasteiger partial charge in [0.2, 0.25) is 10.0 Å². The van der Waals surface area contributed by atoms with Crippen LogP contribution in [0.25, 0.3) is 0 Å². The zero-order chi connectivity index (χ0) is 13.0. The van der Waals surface area contributed by atoms with Crippen molar-refractivity contribution in [3.05, 3.63) is 18.3 Å². The number of primary sulfonamides is 1. The third-order valence-electron chi connectivity index (χ3n) is 3.03. The minimum atomic E-state index is -3.65. The van der Waals surface area contributed by atoms with Gasteiger partial charge in [-0.25, -0.2) is 18.5 Å². The van der Waals surface area contributed by atoms with Crippen LogP contribution in [0.2, 0.25) is 0 Å². The fourth-order valence-electron chi connectivity index (χ4n) is 2.03. The standard InChI is InChI=1S/C11H18N4O2S/c12-18(16,17)10-3-4-11(15-8-10)14-7-5-9-2-1-6-13-9/h3-4,8-9,13H,1-2,5-7H2,(H,14,15)(H2,12,16,17)/t9-/m1/s1. The molecule has 1 aromatic heterocycles. The summed E-state index contributed by atoms with van der Waals surface area (Å²) >= 11 is 0. The quantitative estimate of drug-likeness (QED) is 0.714. The average molecular weight is 270 g/mol. The Bertz CT molecular complexity index is 480. The second kappa shape index (κ2) is 5.64. The van der Waals surface area contributed by atoms with Crippen LogP contribution >= 0.6 is 0 Å². The molecule has 1 fully saturated rings. The van der Waals surface area contributed by atoms with Crippen molar-refractivity contribution >= 4 is 15.8 Å². The number of aromatic nitrogens is 1. The Morgan fingerprint density at radius 3 is 2.89 bits per heavy atom. The van der Waals surface area contributed by atoms with Crippen LogP contribution in [-0.2, 0) is 10.0 Å². The maximum absolute atomic E-state index is 11.0. The Morgan fingerprint density at radius 1 is 1.50 bits per heavy atom. The van der Waals surface area contributed by atoms with E-state index in [-0.39, 0.29) is 4.90 Å². The Hall–Kier alpha value is -1.18. The molecule has 4 N–H and O–H groups in total. The lowest BCUT2D eigenvalue weighted by molar-refractivity contribution is 0.574. The number of hydrogen-bond donors (Lipinski definition) is 3. The van der Waals surface area contributed by atoms with Crippen molar-refractivity contribution in [1.82, 2.24) is 10.3 Å². The highest BCUT2D eigenvalue weighted by atomic mass is 32.2. The van der Waals surface area contributed by atoms with E-state index in [2.05, 4.69) is 15.6 Å². The summed E-state index contributed by atoms with van der Waals surface area (Å²) in [6.07, 6.45) is 4.77. The highest BCUT2D eigenvalue weighted by Gasteiger charge is 2.13. The van der Waals surface area contributed by atoms with Crippen LogP contribution in [0.5, 0.6) is 0 Å². The molecule has 1 saturated heterocycles. The van der Waals surface area contributed by atoms with E-state index < -0.39 is 10.0 Å². The lowest BCUT2D eigenvalue weighted by Crippen LogP contribution is -2.24. The number of sulfonamides is 1. The molecule has 0 saturated carbocycles. The van der Waals surface area contributed by atoms with Crippen molar-refractivity contribution in [2.45, 2.75) is 30.2 Å². The zero-order valence-electron chi connectivity index (χ0n) is 10.1. The molecule has 1 aromatic rings. The molecule has 0 amide bonds. The summed E-state index contributed by atoms with van der Waals surface area (Å²) < 4.78 is 22.1. The van der Waals surface area contributed by atoms with Crippen molar-refractivity contribution in [3.8, 4) is 0 Å². The lowest BCUT2D eigenvalue weighted by Gasteiger charge is -2.11. The predicted octanol–water partition coefficient (Wildman–Crippen LogP) is 0.283. The molecule has 2 heterocycles. The van der Waals surface area contributed by atoms with Crippen LogP contribution in [-0.4, -0.2) is 32.5 Å². The first-order valence-electron chi connectivity index (χ1n) is 6.02. The molecule has 0 aromatic carbocycles. The van der Waals surface area contributed by atoms with Crippen LogP contribution < -0.4 is 15.8 Å². The van der Waals surface area contributed by atoms with Crippen LogP contribution in [0.1, 0.15) is 19.3 Å². The minimum absolute atomic E-state index is 0.0329. The number of nitrogens with one attached hydrogen (secondary N) is 2. The molecule has 1 atom stereocenters. The highest BCUT2D eigenvalue weighted by Crippen LogP contribution is 2.11. The molecule has 100 valence electrons. The van der Waals surface area contributed by atoms with Gasteiger partial charge in [0.1, 0.15) is 10.7 Å². The average Bonchev–Trinajstić information content (AvgIpc) is 2.82. The summed E-state index contributed by atoms with van der Waals surface area (Å²) in [5.74, 6) is 0.667. The molecule has 1 aliphatic heterocycles. The van der Waals surface area contributed by atoms with E-state index in [9.17, 15) is 8.42 Å². The Morgan fingerprint density at radius 2 is 2.33 bits per heavy atom. The largest absolute Gasteiger partial charge is 0.370 e. The van der Waals surface area contributed by atoms with Crippen LogP contribution in [0.15, 0.2) is 23.2 Å². The summed E-state index contributed by atoms with van der Waals surface area (Å²) in [6.45, 7) is 1.92. The van der Waals surface area contributed by atoms with Gasteiger partial charge in [-0.2, -0.15) is 0 Å². The van der Waals surface area contributed by atoms with Gasteiger partial charge in [0.05, 0.1) is 0 Å². The molecule has 7 heteroatoms. The van der Waals surface area contributed by atoms with Gasteiger partial charge in [-0.15, -0.1) is 0 Å². The van der Waals surface area contributed by atoms with E-state index in [4.69, 9.17) is 5.14 Å². The van der Waals surface area contributed by atoms with Gasteiger partial charge in [-0.1, -0.05) is 0 Å². The maximum Gasteiger partial charge on any atom is 0.239 e. The van der Waals surface area contributed by atoms with E-state index in [1.165, 1.54) is 25.1 Å². The van der Waals surface area contributed by atoms with Crippen molar-refractivity contribution in [2.75, 3.05) is 18.4 Å². The first-order chi connectivity index (χ1) is 8.55. The summed E-state index contributed by atoms with van der Waals surface area (Å²) in [5, 5.41) is 11.6. The normalized spacial score (nSPS) is 19.9. The number of nitrogens with two attached hydrogens (primary N) is 1. The van der Waals surface area contributed by atoms with E-state index >= 15 is 0 Å². The second-order valence-corrected chi connectivity index (χ2v) is 5.99. The van der Waals surface area contributed by atoms with Crippen LogP contribution in [0, 0.1) is 0 Å². The summed E-state index contributed by atoms with van der Waals surface area (Å²) in [4.78, 5) is 4.05.